The average Bonchev–Trinajstić information content (AvgIpc) is 3.33. The van der Waals surface area contributed by atoms with Crippen LogP contribution in [0.4, 0.5) is 0 Å². The van der Waals surface area contributed by atoms with Crippen LogP contribution in [0.2, 0.25) is 0 Å². The van der Waals surface area contributed by atoms with Crippen LogP contribution in [0.15, 0.2) is 78.5 Å². The molecule has 0 amide bonds. The second-order valence-corrected chi connectivity index (χ2v) is 11.3. The Hall–Kier alpha value is -2.06. The SMILES string of the molecule is C=CCCCNC(=C)c1ccc(C(CC2=CC(C)C(C3=CCCC=C3)C(C)=C2)CC(C)C)s1.CC. The maximum absolute atomic E-state index is 4.29. The number of unbranched alkanes of at least 4 members (excludes halogenated alkanes) is 1. The van der Waals surface area contributed by atoms with Crippen molar-refractivity contribution < 1.29 is 0 Å². The van der Waals surface area contributed by atoms with Crippen LogP contribution in [-0.2, 0) is 0 Å². The number of rotatable bonds is 12. The summed E-state index contributed by atoms with van der Waals surface area (Å²) in [4.78, 5) is 2.76. The third kappa shape index (κ3) is 8.83. The number of hydrogen-bond acceptors (Lipinski definition) is 2. The molecule has 35 heavy (non-hydrogen) atoms. The first-order valence-corrected chi connectivity index (χ1v) is 14.6. The van der Waals surface area contributed by atoms with Crippen LogP contribution >= 0.6 is 11.3 Å². The summed E-state index contributed by atoms with van der Waals surface area (Å²) in [5.74, 6) is 2.33. The van der Waals surface area contributed by atoms with E-state index in [1.165, 1.54) is 45.7 Å². The molecule has 192 valence electrons. The minimum atomic E-state index is 0.540. The normalized spacial score (nSPS) is 20.3. The van der Waals surface area contributed by atoms with E-state index in [4.69, 9.17) is 0 Å². The van der Waals surface area contributed by atoms with Gasteiger partial charge in [0.15, 0.2) is 0 Å². The summed E-state index contributed by atoms with van der Waals surface area (Å²) in [5, 5.41) is 3.49. The van der Waals surface area contributed by atoms with E-state index in [1.54, 1.807) is 0 Å². The van der Waals surface area contributed by atoms with E-state index in [0.29, 0.717) is 23.7 Å². The topological polar surface area (TPSA) is 12.0 Å². The molecule has 1 heterocycles. The number of hydrogen-bond donors (Lipinski definition) is 1. The van der Waals surface area contributed by atoms with Crippen LogP contribution in [0.3, 0.4) is 0 Å². The molecule has 0 bridgehead atoms. The van der Waals surface area contributed by atoms with Gasteiger partial charge in [0.1, 0.15) is 0 Å². The monoisotopic (exact) mass is 491 g/mol. The zero-order chi connectivity index (χ0) is 25.8. The van der Waals surface area contributed by atoms with Gasteiger partial charge in [-0.2, -0.15) is 0 Å². The summed E-state index contributed by atoms with van der Waals surface area (Å²) < 4.78 is 0. The van der Waals surface area contributed by atoms with Gasteiger partial charge >= 0.3 is 0 Å². The van der Waals surface area contributed by atoms with Gasteiger partial charge in [-0.05, 0) is 80.9 Å². The van der Waals surface area contributed by atoms with Crippen LogP contribution in [0.25, 0.3) is 5.70 Å². The maximum atomic E-state index is 4.29. The van der Waals surface area contributed by atoms with Gasteiger partial charge in [0.25, 0.3) is 0 Å². The van der Waals surface area contributed by atoms with Gasteiger partial charge in [-0.15, -0.1) is 17.9 Å². The minimum Gasteiger partial charge on any atom is -0.384 e. The van der Waals surface area contributed by atoms with E-state index < -0.39 is 0 Å². The van der Waals surface area contributed by atoms with Crippen molar-refractivity contribution in [2.24, 2.45) is 17.8 Å². The van der Waals surface area contributed by atoms with Crippen LogP contribution < -0.4 is 5.32 Å². The third-order valence-electron chi connectivity index (χ3n) is 6.78. The van der Waals surface area contributed by atoms with E-state index in [1.807, 2.05) is 31.3 Å². The number of thiophene rings is 1. The predicted molar refractivity (Wildman–Crippen MR) is 160 cm³/mol. The molecule has 2 aliphatic rings. The highest BCUT2D eigenvalue weighted by Gasteiger charge is 2.26. The first-order valence-electron chi connectivity index (χ1n) is 13.8. The highest BCUT2D eigenvalue weighted by Crippen LogP contribution is 2.41. The minimum absolute atomic E-state index is 0.540. The Balaban J connectivity index is 0.00000210. The van der Waals surface area contributed by atoms with Gasteiger partial charge in [0.2, 0.25) is 0 Å². The molecule has 0 aliphatic heterocycles. The van der Waals surface area contributed by atoms with Crippen LogP contribution in [-0.4, -0.2) is 6.54 Å². The fourth-order valence-corrected chi connectivity index (χ4v) is 6.37. The highest BCUT2D eigenvalue weighted by atomic mass is 32.1. The summed E-state index contributed by atoms with van der Waals surface area (Å²) in [5.41, 5.74) is 5.60. The van der Waals surface area contributed by atoms with Crippen LogP contribution in [0, 0.1) is 17.8 Å². The molecule has 0 spiro atoms. The Morgan fingerprint density at radius 3 is 2.63 bits per heavy atom. The number of allylic oxidation sites excluding steroid dienone is 9. The lowest BCUT2D eigenvalue weighted by Gasteiger charge is -2.31. The summed E-state index contributed by atoms with van der Waals surface area (Å²) in [7, 11) is 0. The van der Waals surface area contributed by atoms with E-state index >= 15 is 0 Å². The summed E-state index contributed by atoms with van der Waals surface area (Å²) in [6.45, 7) is 22.5. The lowest BCUT2D eigenvalue weighted by molar-refractivity contribution is 0.494. The number of nitrogens with one attached hydrogen (secondary N) is 1. The largest absolute Gasteiger partial charge is 0.384 e. The van der Waals surface area contributed by atoms with Gasteiger partial charge in [-0.25, -0.2) is 0 Å². The van der Waals surface area contributed by atoms with Crippen molar-refractivity contribution in [1.82, 2.24) is 5.32 Å². The van der Waals surface area contributed by atoms with E-state index in [2.05, 4.69) is 88.7 Å². The van der Waals surface area contributed by atoms with Gasteiger partial charge in [0, 0.05) is 27.9 Å². The molecule has 1 N–H and O–H groups in total. The van der Waals surface area contributed by atoms with E-state index in [-0.39, 0.29) is 0 Å². The smallest absolute Gasteiger partial charge is 0.0498 e. The molecule has 0 saturated carbocycles. The molecule has 1 nitrogen and oxygen atoms in total. The van der Waals surface area contributed by atoms with Gasteiger partial charge in [-0.3, -0.25) is 0 Å². The molecular weight excluding hydrogens is 442 g/mol. The second kappa shape index (κ2) is 15.1. The summed E-state index contributed by atoms with van der Waals surface area (Å²) in [6, 6.07) is 4.60. The van der Waals surface area contributed by atoms with Crippen LogP contribution in [0.5, 0.6) is 0 Å². The zero-order valence-corrected chi connectivity index (χ0v) is 24.0. The molecule has 3 unspecified atom stereocenters. The van der Waals surface area contributed by atoms with Crippen molar-refractivity contribution >= 4 is 17.0 Å². The lowest BCUT2D eigenvalue weighted by Crippen LogP contribution is -2.18. The van der Waals surface area contributed by atoms with Crippen LogP contribution in [0.1, 0.15) is 95.7 Å². The molecule has 0 saturated heterocycles. The Morgan fingerprint density at radius 2 is 2.00 bits per heavy atom. The molecule has 2 heteroatoms. The zero-order valence-electron chi connectivity index (χ0n) is 23.2. The van der Waals surface area contributed by atoms with E-state index in [9.17, 15) is 0 Å². The first kappa shape index (κ1) is 29.2. The second-order valence-electron chi connectivity index (χ2n) is 10.2. The van der Waals surface area contributed by atoms with Gasteiger partial charge in [-0.1, -0.05) is 88.8 Å². The third-order valence-corrected chi connectivity index (χ3v) is 8.08. The fourth-order valence-electron chi connectivity index (χ4n) is 5.30. The Labute approximate surface area is 220 Å². The predicted octanol–water partition coefficient (Wildman–Crippen LogP) is 10.2. The maximum Gasteiger partial charge on any atom is 0.0498 e. The standard InChI is InChI=1S/C31H43NS.C2H6/c1-7-8-12-17-32-25(6)29-15-16-30(33-29)28(18-22(2)3)21-26-19-23(4)31(24(5)20-26)27-13-10-9-11-14-27;1-2/h7,10,13-16,19-20,22-23,28,31-32H,1,6,8-9,11-12,17-18,21H2,2-5H3;1-2H3. The van der Waals surface area contributed by atoms with Gasteiger partial charge in [0.05, 0.1) is 0 Å². The van der Waals surface area contributed by atoms with Crippen molar-refractivity contribution in [3.05, 3.63) is 88.2 Å². The van der Waals surface area contributed by atoms with Crippen molar-refractivity contribution in [2.45, 2.75) is 86.0 Å². The quantitative estimate of drug-likeness (QED) is 0.226. The molecule has 2 aliphatic carbocycles. The average molecular weight is 492 g/mol. The Morgan fingerprint density at radius 1 is 1.23 bits per heavy atom. The molecule has 0 fully saturated rings. The van der Waals surface area contributed by atoms with Crippen molar-refractivity contribution in [1.29, 1.82) is 0 Å². The fraction of sp³-hybridized carbons (Fsp3) is 0.515. The van der Waals surface area contributed by atoms with Crippen molar-refractivity contribution in [3.63, 3.8) is 0 Å². The molecule has 3 atom stereocenters. The molecular formula is C33H49NS. The Kier molecular flexibility index (Phi) is 12.6. The van der Waals surface area contributed by atoms with Crippen molar-refractivity contribution in [3.8, 4) is 0 Å². The first-order chi connectivity index (χ1) is 16.9. The lowest BCUT2D eigenvalue weighted by atomic mass is 9.74. The molecule has 3 rings (SSSR count). The summed E-state index contributed by atoms with van der Waals surface area (Å²) >= 11 is 1.92. The highest BCUT2D eigenvalue weighted by molar-refractivity contribution is 7.13. The molecule has 0 aromatic carbocycles. The van der Waals surface area contributed by atoms with Gasteiger partial charge < -0.3 is 5.32 Å². The van der Waals surface area contributed by atoms with E-state index in [0.717, 1.165) is 31.5 Å². The molecule has 1 aromatic heterocycles. The Bertz CT molecular complexity index is 936. The molecule has 1 aromatic rings. The molecule has 0 radical (unpaired) electrons. The summed E-state index contributed by atoms with van der Waals surface area (Å²) in [6.07, 6.45) is 21.0. The van der Waals surface area contributed by atoms with Crippen molar-refractivity contribution in [2.75, 3.05) is 6.54 Å².